The molecule has 1 saturated heterocycles. The number of rotatable bonds is 7. The molecule has 1 saturated carbocycles. The van der Waals surface area contributed by atoms with Gasteiger partial charge in [0.25, 0.3) is 0 Å². The lowest BCUT2D eigenvalue weighted by molar-refractivity contribution is -0.169. The summed E-state index contributed by atoms with van der Waals surface area (Å²) in [5, 5.41) is 13.5. The van der Waals surface area contributed by atoms with Gasteiger partial charge in [-0.2, -0.15) is 5.10 Å². The van der Waals surface area contributed by atoms with Gasteiger partial charge in [0.15, 0.2) is 6.29 Å². The molecule has 9 heteroatoms. The fourth-order valence-electron chi connectivity index (χ4n) is 4.01. The number of carbonyl (C=O) groups is 1. The molecule has 30 heavy (non-hydrogen) atoms. The van der Waals surface area contributed by atoms with E-state index in [0.29, 0.717) is 43.1 Å². The highest BCUT2D eigenvalue weighted by atomic mass is 16.7. The summed E-state index contributed by atoms with van der Waals surface area (Å²) in [4.78, 5) is 20.3. The summed E-state index contributed by atoms with van der Waals surface area (Å²) in [7, 11) is 1.88. The molecule has 0 bridgehead atoms. The largest absolute Gasteiger partial charge is 0.481 e. The highest BCUT2D eigenvalue weighted by Gasteiger charge is 2.31. The van der Waals surface area contributed by atoms with E-state index in [1.807, 2.05) is 14.0 Å². The van der Waals surface area contributed by atoms with Crippen molar-refractivity contribution in [1.29, 1.82) is 0 Å². The molecule has 2 aromatic rings. The lowest BCUT2D eigenvalue weighted by Crippen LogP contribution is -2.22. The van der Waals surface area contributed by atoms with Gasteiger partial charge in [-0.05, 0) is 45.4 Å². The first-order valence-corrected chi connectivity index (χ1v) is 10.5. The molecule has 162 valence electrons. The topological polar surface area (TPSA) is 109 Å². The molecule has 4 rings (SSSR count). The van der Waals surface area contributed by atoms with Crippen LogP contribution < -0.4 is 4.74 Å². The monoisotopic (exact) mass is 416 g/mol. The number of aliphatic carboxylic acids is 1. The SMILES string of the molecule is Cc1nc(-c2cnn(C)c2COC2CCCCO2)cnc1OC1CCC(C(=O)O)C1. The molecular weight excluding hydrogens is 388 g/mol. The molecule has 0 radical (unpaired) electrons. The second-order valence-corrected chi connectivity index (χ2v) is 7.97. The molecule has 9 nitrogen and oxygen atoms in total. The van der Waals surface area contributed by atoms with Crippen LogP contribution in [-0.2, 0) is 27.9 Å². The Bertz CT molecular complexity index is 894. The number of carboxylic acids is 1. The first-order valence-electron chi connectivity index (χ1n) is 10.5. The third-order valence-corrected chi connectivity index (χ3v) is 5.80. The number of aromatic nitrogens is 4. The summed E-state index contributed by atoms with van der Waals surface area (Å²) in [6, 6.07) is 0. The van der Waals surface area contributed by atoms with Gasteiger partial charge in [-0.15, -0.1) is 0 Å². The summed E-state index contributed by atoms with van der Waals surface area (Å²) in [5.74, 6) is -0.648. The van der Waals surface area contributed by atoms with E-state index >= 15 is 0 Å². The normalized spacial score (nSPS) is 24.1. The van der Waals surface area contributed by atoms with Crippen molar-refractivity contribution < 1.29 is 24.1 Å². The van der Waals surface area contributed by atoms with Crippen molar-refractivity contribution in [3.05, 3.63) is 23.8 Å². The maximum absolute atomic E-state index is 11.1. The van der Waals surface area contributed by atoms with Gasteiger partial charge in [0.2, 0.25) is 5.88 Å². The predicted molar refractivity (Wildman–Crippen MR) is 107 cm³/mol. The first kappa shape index (κ1) is 20.7. The zero-order valence-electron chi connectivity index (χ0n) is 17.4. The lowest BCUT2D eigenvalue weighted by Gasteiger charge is -2.22. The van der Waals surface area contributed by atoms with Crippen LogP contribution in [0.4, 0.5) is 0 Å². The Labute approximate surface area is 175 Å². The van der Waals surface area contributed by atoms with Gasteiger partial charge in [0, 0.05) is 19.2 Å². The fraction of sp³-hybridized carbons (Fsp3) is 0.619. The molecule has 0 spiro atoms. The van der Waals surface area contributed by atoms with Crippen LogP contribution in [0.2, 0.25) is 0 Å². The summed E-state index contributed by atoms with van der Waals surface area (Å²) in [6.07, 6.45) is 8.08. The minimum absolute atomic E-state index is 0.136. The Morgan fingerprint density at radius 3 is 2.87 bits per heavy atom. The molecule has 3 unspecified atom stereocenters. The summed E-state index contributed by atoms with van der Waals surface area (Å²) in [5.41, 5.74) is 3.14. The smallest absolute Gasteiger partial charge is 0.306 e. The second kappa shape index (κ2) is 9.09. The molecule has 3 atom stereocenters. The Kier molecular flexibility index (Phi) is 6.29. The quantitative estimate of drug-likeness (QED) is 0.734. The van der Waals surface area contributed by atoms with Crippen molar-refractivity contribution in [3.8, 4) is 17.1 Å². The number of carboxylic acid groups (broad SMARTS) is 1. The Hall–Kier alpha value is -2.52. The van der Waals surface area contributed by atoms with E-state index in [-0.39, 0.29) is 18.3 Å². The number of nitrogens with zero attached hydrogens (tertiary/aromatic N) is 4. The molecule has 2 aliphatic rings. The van der Waals surface area contributed by atoms with E-state index in [4.69, 9.17) is 19.3 Å². The Morgan fingerprint density at radius 1 is 1.30 bits per heavy atom. The molecule has 1 N–H and O–H groups in total. The third-order valence-electron chi connectivity index (χ3n) is 5.80. The minimum atomic E-state index is -0.760. The molecule has 0 aromatic carbocycles. The van der Waals surface area contributed by atoms with Crippen LogP contribution in [-0.4, -0.2) is 49.8 Å². The summed E-state index contributed by atoms with van der Waals surface area (Å²) >= 11 is 0. The van der Waals surface area contributed by atoms with E-state index in [1.54, 1.807) is 17.1 Å². The standard InChI is InChI=1S/C21H28N4O5/c1-13-20(30-15-7-6-14(9-15)21(26)27)22-11-17(24-13)16-10-23-25(2)18(16)12-29-19-5-3-4-8-28-19/h10-11,14-15,19H,3-9,12H2,1-2H3,(H,26,27). The fourth-order valence-corrected chi connectivity index (χ4v) is 4.01. The van der Waals surface area contributed by atoms with Gasteiger partial charge in [0.1, 0.15) is 11.8 Å². The van der Waals surface area contributed by atoms with Crippen LogP contribution in [0.5, 0.6) is 5.88 Å². The highest BCUT2D eigenvalue weighted by Crippen LogP contribution is 2.31. The van der Waals surface area contributed by atoms with Crippen molar-refractivity contribution in [3.63, 3.8) is 0 Å². The molecule has 2 aromatic heterocycles. The zero-order valence-corrected chi connectivity index (χ0v) is 17.4. The Morgan fingerprint density at radius 2 is 2.17 bits per heavy atom. The molecule has 1 aliphatic carbocycles. The van der Waals surface area contributed by atoms with Gasteiger partial charge in [-0.1, -0.05) is 0 Å². The molecular formula is C21H28N4O5. The van der Waals surface area contributed by atoms with E-state index in [0.717, 1.165) is 37.1 Å². The Balaban J connectivity index is 1.44. The maximum Gasteiger partial charge on any atom is 0.306 e. The van der Waals surface area contributed by atoms with E-state index in [2.05, 4.69) is 15.1 Å². The van der Waals surface area contributed by atoms with Crippen molar-refractivity contribution in [1.82, 2.24) is 19.7 Å². The molecule has 3 heterocycles. The third kappa shape index (κ3) is 4.62. The number of ether oxygens (including phenoxy) is 3. The van der Waals surface area contributed by atoms with E-state index in [9.17, 15) is 4.79 Å². The van der Waals surface area contributed by atoms with Crippen LogP contribution in [0.25, 0.3) is 11.3 Å². The van der Waals surface area contributed by atoms with Crippen molar-refractivity contribution in [2.24, 2.45) is 13.0 Å². The average Bonchev–Trinajstić information content (AvgIpc) is 3.35. The van der Waals surface area contributed by atoms with Gasteiger partial charge in [-0.25, -0.2) is 9.97 Å². The predicted octanol–water partition coefficient (Wildman–Crippen LogP) is 2.86. The molecule has 0 amide bonds. The number of hydrogen-bond donors (Lipinski definition) is 1. The zero-order chi connectivity index (χ0) is 21.1. The van der Waals surface area contributed by atoms with Gasteiger partial charge in [-0.3, -0.25) is 9.48 Å². The molecule has 1 aliphatic heterocycles. The van der Waals surface area contributed by atoms with Crippen LogP contribution in [0.1, 0.15) is 49.9 Å². The minimum Gasteiger partial charge on any atom is -0.481 e. The van der Waals surface area contributed by atoms with Crippen molar-refractivity contribution in [2.45, 2.75) is 64.4 Å². The highest BCUT2D eigenvalue weighted by molar-refractivity contribution is 5.70. The number of aryl methyl sites for hydroxylation is 2. The maximum atomic E-state index is 11.1. The lowest BCUT2D eigenvalue weighted by atomic mass is 10.1. The summed E-state index contributed by atoms with van der Waals surface area (Å²) < 4.78 is 19.3. The van der Waals surface area contributed by atoms with Gasteiger partial charge in [0.05, 0.1) is 36.3 Å². The second-order valence-electron chi connectivity index (χ2n) is 7.97. The van der Waals surface area contributed by atoms with E-state index in [1.165, 1.54) is 0 Å². The van der Waals surface area contributed by atoms with E-state index < -0.39 is 5.97 Å². The number of hydrogen-bond acceptors (Lipinski definition) is 7. The average molecular weight is 416 g/mol. The summed E-state index contributed by atoms with van der Waals surface area (Å²) in [6.45, 7) is 2.97. The van der Waals surface area contributed by atoms with Gasteiger partial charge < -0.3 is 19.3 Å². The van der Waals surface area contributed by atoms with Crippen LogP contribution in [0, 0.1) is 12.8 Å². The van der Waals surface area contributed by atoms with Crippen molar-refractivity contribution in [2.75, 3.05) is 6.61 Å². The molecule has 2 fully saturated rings. The van der Waals surface area contributed by atoms with Crippen LogP contribution in [0.3, 0.4) is 0 Å². The van der Waals surface area contributed by atoms with Gasteiger partial charge >= 0.3 is 5.97 Å². The van der Waals surface area contributed by atoms with Crippen LogP contribution >= 0.6 is 0 Å². The van der Waals surface area contributed by atoms with Crippen LogP contribution in [0.15, 0.2) is 12.4 Å². The van der Waals surface area contributed by atoms with Crippen molar-refractivity contribution >= 4 is 5.97 Å². The first-order chi connectivity index (χ1) is 14.5.